The van der Waals surface area contributed by atoms with Crippen LogP contribution in [0, 0.1) is 6.92 Å². The molecule has 0 N–H and O–H groups in total. The number of carbonyl (C=O) groups is 4. The number of fused-ring (bicyclic) bond motifs is 10. The summed E-state index contributed by atoms with van der Waals surface area (Å²) in [5.41, 5.74) is 21.4. The summed E-state index contributed by atoms with van der Waals surface area (Å²) in [5.74, 6) is 2.48. The number of rotatable bonds is 6. The summed E-state index contributed by atoms with van der Waals surface area (Å²) in [6, 6.07) is 62.6. The van der Waals surface area contributed by atoms with Crippen LogP contribution in [0.25, 0.3) is 32.9 Å². The van der Waals surface area contributed by atoms with Crippen LogP contribution >= 0.6 is 0 Å². The molecule has 16 rings (SSSR count). The van der Waals surface area contributed by atoms with Crippen LogP contribution in [0.3, 0.4) is 0 Å². The predicted molar refractivity (Wildman–Crippen MR) is 449 cm³/mol. The SMILES string of the molecule is CC(C)(C)c1cc(C(C)(C)C)c2c(c1)C(C)(c1ccc(Oc3ccc(C4(C)C(=O)Oc5c(C(C)(C)C)cc(C(C)(C)C)cc54)cc3)cc1)C(=O)O2.CC(C)(C)c1cc2c(c(C(C)(C)C)c1)OC(=O)C2c1ccc2c(c1)-c1ccccc1C2.Cc1cc2c(c(C(C)(C)C)c1)OC(=O)C2c1ccc2c(c1)c1ccccc1n2C. The number of hydrogen-bond donors (Lipinski definition) is 0. The van der Waals surface area contributed by atoms with Crippen LogP contribution in [0.2, 0.25) is 0 Å². The summed E-state index contributed by atoms with van der Waals surface area (Å²) in [4.78, 5) is 53.6. The molecule has 572 valence electrons. The Kier molecular flexibility index (Phi) is 18.6. The van der Waals surface area contributed by atoms with Crippen molar-refractivity contribution in [3.8, 4) is 45.6 Å². The fourth-order valence-electron chi connectivity index (χ4n) is 16.8. The first kappa shape index (κ1) is 77.4. The van der Waals surface area contributed by atoms with Crippen LogP contribution in [0.5, 0.6) is 34.5 Å². The molecule has 1 aliphatic carbocycles. The van der Waals surface area contributed by atoms with Gasteiger partial charge in [-0.15, -0.1) is 0 Å². The molecule has 5 aliphatic rings. The van der Waals surface area contributed by atoms with E-state index < -0.39 is 10.8 Å². The molecular weight excluding hydrogens is 1370 g/mol. The van der Waals surface area contributed by atoms with E-state index in [1.54, 1.807) is 0 Å². The predicted octanol–water partition coefficient (Wildman–Crippen LogP) is 24.0. The Bertz CT molecular complexity index is 5500. The molecule has 11 aromatic rings. The van der Waals surface area contributed by atoms with E-state index in [4.69, 9.17) is 23.7 Å². The Morgan fingerprint density at radius 1 is 0.369 bits per heavy atom. The molecule has 0 radical (unpaired) electrons. The van der Waals surface area contributed by atoms with Gasteiger partial charge in [-0.2, -0.15) is 0 Å². The van der Waals surface area contributed by atoms with E-state index in [0.29, 0.717) is 23.0 Å². The third kappa shape index (κ3) is 13.7. The minimum absolute atomic E-state index is 0.0118. The number of carbonyl (C=O) groups excluding carboxylic acids is 4. The average molecular weight is 1480 g/mol. The maximum Gasteiger partial charge on any atom is 0.326 e. The van der Waals surface area contributed by atoms with E-state index in [0.717, 1.165) is 90.2 Å². The topological polar surface area (TPSA) is 119 Å². The summed E-state index contributed by atoms with van der Waals surface area (Å²) in [6.45, 7) is 51.8. The van der Waals surface area contributed by atoms with Gasteiger partial charge >= 0.3 is 23.9 Å². The zero-order chi connectivity index (χ0) is 80.3. The van der Waals surface area contributed by atoms with Gasteiger partial charge in [0.15, 0.2) is 0 Å². The first-order valence-electron chi connectivity index (χ1n) is 39.3. The Morgan fingerprint density at radius 2 is 0.766 bits per heavy atom. The van der Waals surface area contributed by atoms with Crippen molar-refractivity contribution in [1.82, 2.24) is 4.57 Å². The van der Waals surface area contributed by atoms with Gasteiger partial charge in [0.25, 0.3) is 0 Å². The first-order valence-corrected chi connectivity index (χ1v) is 39.3. The molecule has 0 fully saturated rings. The molecule has 10 nitrogen and oxygen atoms in total. The number of ether oxygens (including phenoxy) is 5. The molecule has 0 amide bonds. The second kappa shape index (κ2) is 26.7. The lowest BCUT2D eigenvalue weighted by atomic mass is 9.72. The summed E-state index contributed by atoms with van der Waals surface area (Å²) < 4.78 is 32.4. The highest BCUT2D eigenvalue weighted by Gasteiger charge is 2.52. The number of esters is 4. The lowest BCUT2D eigenvalue weighted by molar-refractivity contribution is -0.137. The summed E-state index contributed by atoms with van der Waals surface area (Å²) in [7, 11) is 2.09. The minimum Gasteiger partial charge on any atom is -0.457 e. The molecule has 0 bridgehead atoms. The molecule has 10 heteroatoms. The zero-order valence-electron chi connectivity index (χ0n) is 69.8. The van der Waals surface area contributed by atoms with Gasteiger partial charge in [-0.1, -0.05) is 284 Å². The van der Waals surface area contributed by atoms with E-state index >= 15 is 0 Å². The van der Waals surface area contributed by atoms with Crippen molar-refractivity contribution in [3.63, 3.8) is 0 Å². The van der Waals surface area contributed by atoms with Gasteiger partial charge in [-0.3, -0.25) is 19.2 Å². The van der Waals surface area contributed by atoms with E-state index in [2.05, 4.69) is 297 Å². The summed E-state index contributed by atoms with van der Waals surface area (Å²) in [5, 5.41) is 2.38. The molecule has 0 spiro atoms. The fraction of sp³-hybridized carbons (Fsp3) is 0.366. The lowest BCUT2D eigenvalue weighted by Gasteiger charge is -2.28. The molecule has 4 unspecified atom stereocenters. The smallest absolute Gasteiger partial charge is 0.326 e. The molecule has 5 heterocycles. The monoisotopic (exact) mass is 1480 g/mol. The van der Waals surface area contributed by atoms with Crippen LogP contribution < -0.4 is 23.7 Å². The highest BCUT2D eigenvalue weighted by molar-refractivity contribution is 6.09. The Balaban J connectivity index is 0.000000147. The molecule has 0 saturated heterocycles. The largest absolute Gasteiger partial charge is 0.457 e. The van der Waals surface area contributed by atoms with Crippen molar-refractivity contribution in [2.45, 2.75) is 233 Å². The van der Waals surface area contributed by atoms with Crippen LogP contribution in [-0.2, 0) is 81.4 Å². The van der Waals surface area contributed by atoms with Gasteiger partial charge < -0.3 is 28.3 Å². The highest BCUT2D eigenvalue weighted by Crippen LogP contribution is 2.55. The van der Waals surface area contributed by atoms with Gasteiger partial charge in [0.05, 0.1) is 0 Å². The molecule has 111 heavy (non-hydrogen) atoms. The van der Waals surface area contributed by atoms with Gasteiger partial charge in [0.1, 0.15) is 57.2 Å². The summed E-state index contributed by atoms with van der Waals surface area (Å²) >= 11 is 0. The number of benzene rings is 10. The van der Waals surface area contributed by atoms with E-state index in [1.807, 2.05) is 62.4 Å². The van der Waals surface area contributed by atoms with Gasteiger partial charge in [0.2, 0.25) is 0 Å². The molecule has 4 aliphatic heterocycles. The first-order chi connectivity index (χ1) is 51.6. The number of para-hydroxylation sites is 1. The second-order valence-corrected chi connectivity index (χ2v) is 39.2. The molecule has 10 aromatic carbocycles. The number of aryl methyl sites for hydroxylation is 2. The maximum absolute atomic E-state index is 13.7. The van der Waals surface area contributed by atoms with E-state index in [-0.39, 0.29) is 73.6 Å². The maximum atomic E-state index is 13.7. The Morgan fingerprint density at radius 3 is 1.24 bits per heavy atom. The van der Waals surface area contributed by atoms with E-state index in [9.17, 15) is 19.2 Å². The average Bonchev–Trinajstić information content (AvgIpc) is 1.59. The highest BCUT2D eigenvalue weighted by atomic mass is 16.6. The Hall–Kier alpha value is -10.3. The Labute approximate surface area is 657 Å². The number of hydrogen-bond acceptors (Lipinski definition) is 9. The van der Waals surface area contributed by atoms with Crippen molar-refractivity contribution in [2.75, 3.05) is 0 Å². The van der Waals surface area contributed by atoms with Crippen LogP contribution in [-0.4, -0.2) is 28.4 Å². The fourth-order valence-corrected chi connectivity index (χ4v) is 16.8. The van der Waals surface area contributed by atoms with E-state index in [1.165, 1.54) is 60.8 Å². The van der Waals surface area contributed by atoms with Crippen molar-refractivity contribution in [1.29, 1.82) is 0 Å². The zero-order valence-corrected chi connectivity index (χ0v) is 69.8. The third-order valence-electron chi connectivity index (χ3n) is 23.7. The van der Waals surface area contributed by atoms with Crippen LogP contribution in [0.15, 0.2) is 182 Å². The normalized spacial score (nSPS) is 18.5. The van der Waals surface area contributed by atoms with Gasteiger partial charge in [-0.25, -0.2) is 0 Å². The number of nitrogens with zero attached hydrogens (tertiary/aromatic N) is 1. The standard InChI is InChI=1S/C46H54O5.C29H30O2.C26H25NO2/c1-41(2,3)29-23-33(43(7,8)9)37-35(25-29)45(13,39(47)50-37)27-15-19-31(20-16-27)49-32-21-17-28(18-22-32)46(14)36-26-30(42(4,5)6)24-34(44(10,11)12)38(36)51-40(46)48;1-28(2,3)20-15-23-25(27(30)31-26(23)24(16-20)29(4,5)6)19-12-11-18-13-17-9-7-8-10-21(17)22(18)14-19;1-15-12-19-23(25(28)29-24(19)20(13-15)26(2,3)4)16-10-11-22-18(14-16)17-8-6-7-9-21(17)27(22)5/h15-26H,1-14H3;7-12,14-16,25H,13H2,1-6H3;6-14,23H,1-5H3. The van der Waals surface area contributed by atoms with Crippen molar-refractivity contribution < 1.29 is 42.9 Å². The van der Waals surface area contributed by atoms with Crippen molar-refractivity contribution in [2.24, 2.45) is 7.05 Å². The van der Waals surface area contributed by atoms with Crippen molar-refractivity contribution >= 4 is 45.7 Å². The molecule has 4 atom stereocenters. The molecule has 0 saturated carbocycles. The quantitative estimate of drug-likeness (QED) is 0.118. The lowest BCUT2D eigenvalue weighted by Crippen LogP contribution is -2.31. The third-order valence-corrected chi connectivity index (χ3v) is 23.7. The van der Waals surface area contributed by atoms with Gasteiger partial charge in [0, 0.05) is 73.4 Å². The van der Waals surface area contributed by atoms with Crippen molar-refractivity contribution in [3.05, 3.63) is 282 Å². The molecular formula is C101H109NO9. The number of aromatic nitrogens is 1. The summed E-state index contributed by atoms with van der Waals surface area (Å²) in [6.07, 6.45) is 0.958. The van der Waals surface area contributed by atoms with Crippen LogP contribution in [0.4, 0.5) is 0 Å². The minimum atomic E-state index is -0.960. The molecule has 1 aromatic heterocycles. The van der Waals surface area contributed by atoms with Gasteiger partial charge in [-0.05, 0) is 175 Å². The second-order valence-electron chi connectivity index (χ2n) is 39.2. The van der Waals surface area contributed by atoms with Crippen LogP contribution in [0.1, 0.15) is 271 Å².